The Bertz CT molecular complexity index is 780. The van der Waals surface area contributed by atoms with Gasteiger partial charge in [0.05, 0.1) is 24.2 Å². The number of aromatic nitrogens is 2. The molecule has 2 aromatic carbocycles. The van der Waals surface area contributed by atoms with Crippen LogP contribution in [0.2, 0.25) is 0 Å². The molecule has 0 aliphatic rings. The number of ether oxygens (including phenoxy) is 1. The minimum absolute atomic E-state index is 0.236. The first kappa shape index (κ1) is 14.5. The predicted molar refractivity (Wildman–Crippen MR) is 84.3 cm³/mol. The van der Waals surface area contributed by atoms with Gasteiger partial charge in [-0.2, -0.15) is 0 Å². The summed E-state index contributed by atoms with van der Waals surface area (Å²) in [5.74, 6) is 1.36. The van der Waals surface area contributed by atoms with E-state index in [-0.39, 0.29) is 5.82 Å². The molecule has 0 bridgehead atoms. The van der Waals surface area contributed by atoms with Crippen molar-refractivity contribution in [3.05, 3.63) is 59.7 Å². The van der Waals surface area contributed by atoms with Crippen molar-refractivity contribution in [2.75, 3.05) is 6.61 Å². The number of benzene rings is 2. The maximum Gasteiger partial charge on any atom is 0.123 e. The second-order valence-electron chi connectivity index (χ2n) is 5.03. The van der Waals surface area contributed by atoms with E-state index in [0.717, 1.165) is 28.2 Å². The lowest BCUT2D eigenvalue weighted by Gasteiger charge is -2.09. The van der Waals surface area contributed by atoms with Crippen molar-refractivity contribution >= 4 is 11.0 Å². The Morgan fingerprint density at radius 3 is 2.64 bits per heavy atom. The standard InChI is InChI=1S/C17H18FN3O/c1-2-22-14-7-8-16-15(9-14)20-17(10-19)21(16)11-12-3-5-13(18)6-4-12/h3-9H,2,10-11,19H2,1H3. The van der Waals surface area contributed by atoms with Gasteiger partial charge in [0, 0.05) is 12.6 Å². The number of imidazole rings is 1. The molecule has 0 fully saturated rings. The zero-order chi connectivity index (χ0) is 15.5. The molecule has 0 spiro atoms. The zero-order valence-corrected chi connectivity index (χ0v) is 12.4. The molecule has 0 saturated heterocycles. The van der Waals surface area contributed by atoms with Crippen LogP contribution in [0, 0.1) is 5.82 Å². The van der Waals surface area contributed by atoms with Crippen LogP contribution in [0.5, 0.6) is 5.75 Å². The second kappa shape index (κ2) is 6.15. The number of nitrogens with two attached hydrogens (primary N) is 1. The third-order valence-electron chi connectivity index (χ3n) is 3.55. The van der Waals surface area contributed by atoms with Crippen LogP contribution in [0.15, 0.2) is 42.5 Å². The molecule has 0 saturated carbocycles. The summed E-state index contributed by atoms with van der Waals surface area (Å²) in [7, 11) is 0. The minimum Gasteiger partial charge on any atom is -0.494 e. The molecule has 2 N–H and O–H groups in total. The first-order valence-corrected chi connectivity index (χ1v) is 7.27. The SMILES string of the molecule is CCOc1ccc2c(c1)nc(CN)n2Cc1ccc(F)cc1. The second-order valence-corrected chi connectivity index (χ2v) is 5.03. The first-order chi connectivity index (χ1) is 10.7. The molecule has 3 rings (SSSR count). The van der Waals surface area contributed by atoms with Crippen molar-refractivity contribution in [2.45, 2.75) is 20.0 Å². The highest BCUT2D eigenvalue weighted by molar-refractivity contribution is 5.78. The molecule has 4 nitrogen and oxygen atoms in total. The molecule has 0 atom stereocenters. The van der Waals surface area contributed by atoms with Gasteiger partial charge in [-0.05, 0) is 36.8 Å². The van der Waals surface area contributed by atoms with Gasteiger partial charge < -0.3 is 15.0 Å². The lowest BCUT2D eigenvalue weighted by atomic mass is 10.2. The van der Waals surface area contributed by atoms with Gasteiger partial charge in [-0.15, -0.1) is 0 Å². The molecule has 1 aromatic heterocycles. The van der Waals surface area contributed by atoms with Crippen molar-refractivity contribution in [1.82, 2.24) is 9.55 Å². The molecule has 114 valence electrons. The fourth-order valence-electron chi connectivity index (χ4n) is 2.52. The quantitative estimate of drug-likeness (QED) is 0.787. The van der Waals surface area contributed by atoms with Crippen molar-refractivity contribution in [3.8, 4) is 5.75 Å². The topological polar surface area (TPSA) is 53.1 Å². The van der Waals surface area contributed by atoms with E-state index in [1.807, 2.05) is 25.1 Å². The number of halogens is 1. The number of hydrogen-bond acceptors (Lipinski definition) is 3. The molecule has 0 radical (unpaired) electrons. The number of rotatable bonds is 5. The van der Waals surface area contributed by atoms with Crippen LogP contribution in [0.3, 0.4) is 0 Å². The van der Waals surface area contributed by atoms with Crippen LogP contribution in [-0.2, 0) is 13.1 Å². The van der Waals surface area contributed by atoms with Gasteiger partial charge in [-0.1, -0.05) is 12.1 Å². The summed E-state index contributed by atoms with van der Waals surface area (Å²) in [6.45, 7) is 3.52. The minimum atomic E-state index is -0.236. The normalized spacial score (nSPS) is 11.0. The van der Waals surface area contributed by atoms with Gasteiger partial charge in [0.1, 0.15) is 17.4 Å². The average Bonchev–Trinajstić information content (AvgIpc) is 2.87. The summed E-state index contributed by atoms with van der Waals surface area (Å²) >= 11 is 0. The summed E-state index contributed by atoms with van der Waals surface area (Å²) in [5.41, 5.74) is 8.67. The van der Waals surface area contributed by atoms with Crippen molar-refractivity contribution < 1.29 is 9.13 Å². The van der Waals surface area contributed by atoms with E-state index in [2.05, 4.69) is 9.55 Å². The summed E-state index contributed by atoms with van der Waals surface area (Å²) in [4.78, 5) is 4.57. The average molecular weight is 299 g/mol. The summed E-state index contributed by atoms with van der Waals surface area (Å²) in [6.07, 6.45) is 0. The molecular formula is C17H18FN3O. The highest BCUT2D eigenvalue weighted by Gasteiger charge is 2.11. The maximum absolute atomic E-state index is 13.0. The van der Waals surface area contributed by atoms with E-state index < -0.39 is 0 Å². The summed E-state index contributed by atoms with van der Waals surface area (Å²) < 4.78 is 20.6. The van der Waals surface area contributed by atoms with Crippen LogP contribution >= 0.6 is 0 Å². The van der Waals surface area contributed by atoms with E-state index >= 15 is 0 Å². The Morgan fingerprint density at radius 2 is 1.95 bits per heavy atom. The van der Waals surface area contributed by atoms with Gasteiger partial charge in [0.25, 0.3) is 0 Å². The van der Waals surface area contributed by atoms with E-state index in [0.29, 0.717) is 19.7 Å². The third kappa shape index (κ3) is 2.80. The molecule has 0 aliphatic heterocycles. The van der Waals surface area contributed by atoms with Crippen LogP contribution in [0.4, 0.5) is 4.39 Å². The van der Waals surface area contributed by atoms with E-state index in [1.54, 1.807) is 12.1 Å². The molecule has 1 heterocycles. The zero-order valence-electron chi connectivity index (χ0n) is 12.4. The van der Waals surface area contributed by atoms with Crippen LogP contribution in [0.25, 0.3) is 11.0 Å². The molecule has 3 aromatic rings. The van der Waals surface area contributed by atoms with Crippen LogP contribution in [0.1, 0.15) is 18.3 Å². The van der Waals surface area contributed by atoms with Gasteiger partial charge in [-0.25, -0.2) is 9.37 Å². The highest BCUT2D eigenvalue weighted by Crippen LogP contribution is 2.23. The van der Waals surface area contributed by atoms with Crippen molar-refractivity contribution in [3.63, 3.8) is 0 Å². The fourth-order valence-corrected chi connectivity index (χ4v) is 2.52. The monoisotopic (exact) mass is 299 g/mol. The molecule has 0 amide bonds. The van der Waals surface area contributed by atoms with Crippen molar-refractivity contribution in [2.24, 2.45) is 5.73 Å². The predicted octanol–water partition coefficient (Wildman–Crippen LogP) is 3.08. The van der Waals surface area contributed by atoms with E-state index in [9.17, 15) is 4.39 Å². The molecule has 22 heavy (non-hydrogen) atoms. The molecule has 0 aliphatic carbocycles. The summed E-state index contributed by atoms with van der Waals surface area (Å²) in [6, 6.07) is 12.3. The molecule has 5 heteroatoms. The largest absolute Gasteiger partial charge is 0.494 e. The van der Waals surface area contributed by atoms with Gasteiger partial charge >= 0.3 is 0 Å². The van der Waals surface area contributed by atoms with Crippen LogP contribution in [-0.4, -0.2) is 16.2 Å². The first-order valence-electron chi connectivity index (χ1n) is 7.27. The number of hydrogen-bond donors (Lipinski definition) is 1. The van der Waals surface area contributed by atoms with Gasteiger partial charge in [-0.3, -0.25) is 0 Å². The smallest absolute Gasteiger partial charge is 0.123 e. The number of nitrogens with zero attached hydrogens (tertiary/aromatic N) is 2. The Balaban J connectivity index is 2.01. The number of fused-ring (bicyclic) bond motifs is 1. The Morgan fingerprint density at radius 1 is 1.18 bits per heavy atom. The lowest BCUT2D eigenvalue weighted by molar-refractivity contribution is 0.340. The third-order valence-corrected chi connectivity index (χ3v) is 3.55. The van der Waals surface area contributed by atoms with Gasteiger partial charge in [0.2, 0.25) is 0 Å². The van der Waals surface area contributed by atoms with Gasteiger partial charge in [0.15, 0.2) is 0 Å². The lowest BCUT2D eigenvalue weighted by Crippen LogP contribution is -2.09. The maximum atomic E-state index is 13.0. The molecule has 0 unspecified atom stereocenters. The Kier molecular flexibility index (Phi) is 4.06. The van der Waals surface area contributed by atoms with Crippen molar-refractivity contribution in [1.29, 1.82) is 0 Å². The van der Waals surface area contributed by atoms with E-state index in [4.69, 9.17) is 10.5 Å². The van der Waals surface area contributed by atoms with Crippen LogP contribution < -0.4 is 10.5 Å². The highest BCUT2D eigenvalue weighted by atomic mass is 19.1. The molecular weight excluding hydrogens is 281 g/mol. The summed E-state index contributed by atoms with van der Waals surface area (Å²) in [5, 5.41) is 0. The fraction of sp³-hybridized carbons (Fsp3) is 0.235. The Labute approximate surface area is 128 Å². The van der Waals surface area contributed by atoms with E-state index in [1.165, 1.54) is 12.1 Å². The Hall–Kier alpha value is -2.40.